The van der Waals surface area contributed by atoms with Crippen LogP contribution in [0.5, 0.6) is 0 Å². The second-order valence-corrected chi connectivity index (χ2v) is 5.59. The largest absolute Gasteiger partial charge is 0.396 e. The normalized spacial score (nSPS) is 25.2. The number of rotatable bonds is 6. The van der Waals surface area contributed by atoms with Crippen molar-refractivity contribution in [2.75, 3.05) is 39.3 Å². The van der Waals surface area contributed by atoms with E-state index < -0.39 is 0 Å². The van der Waals surface area contributed by atoms with Gasteiger partial charge in [-0.05, 0) is 45.2 Å². The maximum absolute atomic E-state index is 9.18. The van der Waals surface area contributed by atoms with Gasteiger partial charge in [0.15, 0.2) is 0 Å². The highest BCUT2D eigenvalue weighted by molar-refractivity contribution is 4.70. The maximum atomic E-state index is 9.18. The molecule has 18 heavy (non-hydrogen) atoms. The van der Waals surface area contributed by atoms with Crippen molar-refractivity contribution in [1.82, 2.24) is 9.96 Å². The number of likely N-dealkylation sites (tertiary alicyclic amines) is 1. The molecule has 1 N–H and O–H groups in total. The Labute approximate surface area is 111 Å². The Morgan fingerprint density at radius 3 is 2.11 bits per heavy atom. The molecule has 2 rings (SSSR count). The first-order valence-electron chi connectivity index (χ1n) is 7.63. The molecule has 0 spiro atoms. The molecule has 2 aliphatic heterocycles. The summed E-state index contributed by atoms with van der Waals surface area (Å²) < 4.78 is 0. The molecule has 0 saturated carbocycles. The summed E-state index contributed by atoms with van der Waals surface area (Å²) in [5.74, 6) is 0. The van der Waals surface area contributed by atoms with Gasteiger partial charge in [-0.2, -0.15) is 5.06 Å². The van der Waals surface area contributed by atoms with Crippen LogP contribution < -0.4 is 0 Å². The number of piperidine rings is 2. The second-order valence-electron chi connectivity index (χ2n) is 5.59. The van der Waals surface area contributed by atoms with Crippen LogP contribution in [0.2, 0.25) is 0 Å². The average Bonchev–Trinajstić information content (AvgIpc) is 2.41. The highest BCUT2D eigenvalue weighted by atomic mass is 16.7. The highest BCUT2D eigenvalue weighted by Crippen LogP contribution is 2.15. The molecule has 2 heterocycles. The number of hydroxylamine groups is 2. The highest BCUT2D eigenvalue weighted by Gasteiger charge is 2.20. The van der Waals surface area contributed by atoms with Gasteiger partial charge in [-0.3, -0.25) is 4.84 Å². The number of hydrogen-bond donors (Lipinski definition) is 1. The van der Waals surface area contributed by atoms with Gasteiger partial charge in [-0.15, -0.1) is 0 Å². The summed E-state index contributed by atoms with van der Waals surface area (Å²) in [7, 11) is 0. The summed E-state index contributed by atoms with van der Waals surface area (Å²) in [6.45, 7) is 5.73. The number of aliphatic hydroxyl groups excluding tert-OH is 1. The quantitative estimate of drug-likeness (QED) is 0.784. The van der Waals surface area contributed by atoms with E-state index in [2.05, 4.69) is 9.96 Å². The first-order valence-corrected chi connectivity index (χ1v) is 7.63. The Bertz CT molecular complexity index is 194. The lowest BCUT2D eigenvalue weighted by Gasteiger charge is -2.34. The molecule has 1 unspecified atom stereocenters. The van der Waals surface area contributed by atoms with Crippen molar-refractivity contribution in [2.45, 2.75) is 51.0 Å². The van der Waals surface area contributed by atoms with Gasteiger partial charge in [-0.25, -0.2) is 0 Å². The Morgan fingerprint density at radius 2 is 1.50 bits per heavy atom. The van der Waals surface area contributed by atoms with Gasteiger partial charge in [0, 0.05) is 26.2 Å². The van der Waals surface area contributed by atoms with E-state index >= 15 is 0 Å². The zero-order valence-electron chi connectivity index (χ0n) is 11.5. The molecule has 0 radical (unpaired) electrons. The predicted molar refractivity (Wildman–Crippen MR) is 72.3 cm³/mol. The third-order valence-electron chi connectivity index (χ3n) is 3.97. The molecule has 0 aliphatic carbocycles. The Balaban J connectivity index is 1.74. The lowest BCUT2D eigenvalue weighted by molar-refractivity contribution is -0.213. The minimum absolute atomic E-state index is 0.172. The summed E-state index contributed by atoms with van der Waals surface area (Å²) in [5.41, 5.74) is 0. The summed E-state index contributed by atoms with van der Waals surface area (Å²) in [4.78, 5) is 8.56. The lowest BCUT2D eigenvalue weighted by atomic mass is 10.1. The van der Waals surface area contributed by atoms with Crippen molar-refractivity contribution < 1.29 is 9.94 Å². The van der Waals surface area contributed by atoms with E-state index in [1.807, 2.05) is 0 Å². The standard InChI is InChI=1S/C14H28N2O2/c17-12-7-14(13-15-8-3-1-4-9-15)18-16-10-5-2-6-11-16/h14,17H,1-13H2. The third-order valence-corrected chi connectivity index (χ3v) is 3.97. The van der Waals surface area contributed by atoms with E-state index in [-0.39, 0.29) is 12.7 Å². The Morgan fingerprint density at radius 1 is 0.889 bits per heavy atom. The fourth-order valence-electron chi connectivity index (χ4n) is 2.93. The van der Waals surface area contributed by atoms with Crippen molar-refractivity contribution >= 4 is 0 Å². The minimum atomic E-state index is 0.172. The topological polar surface area (TPSA) is 35.9 Å². The monoisotopic (exact) mass is 256 g/mol. The third kappa shape index (κ3) is 4.84. The SMILES string of the molecule is OCCC(CN1CCCCC1)ON1CCCCC1. The summed E-state index contributed by atoms with van der Waals surface area (Å²) >= 11 is 0. The van der Waals surface area contributed by atoms with E-state index in [9.17, 15) is 5.11 Å². The van der Waals surface area contributed by atoms with Gasteiger partial charge >= 0.3 is 0 Å². The number of hydrogen-bond acceptors (Lipinski definition) is 4. The molecule has 0 amide bonds. The molecular weight excluding hydrogens is 228 g/mol. The van der Waals surface area contributed by atoms with E-state index in [1.54, 1.807) is 0 Å². The van der Waals surface area contributed by atoms with Gasteiger partial charge < -0.3 is 10.0 Å². The summed E-state index contributed by atoms with van der Waals surface area (Å²) in [6.07, 6.45) is 8.75. The fraction of sp³-hybridized carbons (Fsp3) is 1.00. The zero-order valence-corrected chi connectivity index (χ0v) is 11.5. The number of aliphatic hydroxyl groups is 1. The van der Waals surface area contributed by atoms with Crippen LogP contribution in [0.3, 0.4) is 0 Å². The van der Waals surface area contributed by atoms with E-state index in [1.165, 1.54) is 51.6 Å². The van der Waals surface area contributed by atoms with E-state index in [0.29, 0.717) is 0 Å². The Kier molecular flexibility index (Phi) is 6.41. The van der Waals surface area contributed by atoms with E-state index in [4.69, 9.17) is 4.84 Å². The molecule has 1 atom stereocenters. The van der Waals surface area contributed by atoms with Crippen molar-refractivity contribution in [3.05, 3.63) is 0 Å². The predicted octanol–water partition coefficient (Wildman–Crippen LogP) is 1.64. The molecule has 0 aromatic heterocycles. The summed E-state index contributed by atoms with van der Waals surface area (Å²) in [6, 6.07) is 0. The van der Waals surface area contributed by atoms with Crippen LogP contribution in [-0.4, -0.2) is 60.5 Å². The first-order chi connectivity index (χ1) is 8.88. The van der Waals surface area contributed by atoms with Crippen molar-refractivity contribution in [3.63, 3.8) is 0 Å². The second kappa shape index (κ2) is 8.10. The summed E-state index contributed by atoms with van der Waals surface area (Å²) in [5, 5.41) is 11.3. The van der Waals surface area contributed by atoms with Crippen molar-refractivity contribution in [2.24, 2.45) is 0 Å². The van der Waals surface area contributed by atoms with E-state index in [0.717, 1.165) is 26.1 Å². The first kappa shape index (κ1) is 14.3. The molecule has 0 aromatic carbocycles. The zero-order chi connectivity index (χ0) is 12.6. The van der Waals surface area contributed by atoms with Crippen LogP contribution in [0.1, 0.15) is 44.9 Å². The van der Waals surface area contributed by atoms with Crippen LogP contribution in [-0.2, 0) is 4.84 Å². The molecule has 4 heteroatoms. The molecular formula is C14H28N2O2. The fourth-order valence-corrected chi connectivity index (χ4v) is 2.93. The van der Waals surface area contributed by atoms with Crippen LogP contribution in [0, 0.1) is 0 Å². The molecule has 0 bridgehead atoms. The minimum Gasteiger partial charge on any atom is -0.396 e. The van der Waals surface area contributed by atoms with Gasteiger partial charge in [-0.1, -0.05) is 12.8 Å². The Hall–Kier alpha value is -0.160. The molecule has 2 saturated heterocycles. The molecule has 4 nitrogen and oxygen atoms in total. The molecule has 106 valence electrons. The van der Waals surface area contributed by atoms with Gasteiger partial charge in [0.2, 0.25) is 0 Å². The molecule has 0 aromatic rings. The molecule has 2 fully saturated rings. The maximum Gasteiger partial charge on any atom is 0.0941 e. The molecule has 2 aliphatic rings. The van der Waals surface area contributed by atoms with Crippen LogP contribution in [0.4, 0.5) is 0 Å². The smallest absolute Gasteiger partial charge is 0.0941 e. The average molecular weight is 256 g/mol. The van der Waals surface area contributed by atoms with Gasteiger partial charge in [0.25, 0.3) is 0 Å². The lowest BCUT2D eigenvalue weighted by Crippen LogP contribution is -2.42. The van der Waals surface area contributed by atoms with Crippen LogP contribution in [0.15, 0.2) is 0 Å². The van der Waals surface area contributed by atoms with Gasteiger partial charge in [0.1, 0.15) is 0 Å². The van der Waals surface area contributed by atoms with Gasteiger partial charge in [0.05, 0.1) is 6.10 Å². The van der Waals surface area contributed by atoms with Crippen LogP contribution in [0.25, 0.3) is 0 Å². The van der Waals surface area contributed by atoms with Crippen molar-refractivity contribution in [3.8, 4) is 0 Å². The number of nitrogens with zero attached hydrogens (tertiary/aromatic N) is 2. The van der Waals surface area contributed by atoms with Crippen molar-refractivity contribution in [1.29, 1.82) is 0 Å². The van der Waals surface area contributed by atoms with Crippen LogP contribution >= 0.6 is 0 Å².